The van der Waals surface area contributed by atoms with Crippen LogP contribution in [0.3, 0.4) is 0 Å². The molecule has 4 aromatic carbocycles. The number of benzene rings is 4. The van der Waals surface area contributed by atoms with Gasteiger partial charge in [0.15, 0.2) is 11.5 Å². The fraction of sp³-hybridized carbons (Fsp3) is 0.396. The van der Waals surface area contributed by atoms with E-state index in [0.29, 0.717) is 78.0 Å². The topological polar surface area (TPSA) is 179 Å². The molecule has 2 atom stereocenters. The lowest BCUT2D eigenvalue weighted by Gasteiger charge is -2.27. The van der Waals surface area contributed by atoms with Gasteiger partial charge >= 0.3 is 0 Å². The Kier molecular flexibility index (Phi) is 14.7. The number of hydrogen-bond donors (Lipinski definition) is 2. The van der Waals surface area contributed by atoms with E-state index in [2.05, 4.69) is 39.3 Å². The predicted octanol–water partition coefficient (Wildman–Crippen LogP) is 8.84. The van der Waals surface area contributed by atoms with Crippen molar-refractivity contribution in [1.29, 1.82) is 0 Å². The van der Waals surface area contributed by atoms with E-state index >= 15 is 0 Å². The highest BCUT2D eigenvalue weighted by atomic mass is 28.3. The normalized spacial score (nSPS) is 17.9. The van der Waals surface area contributed by atoms with Gasteiger partial charge in [-0.3, -0.25) is 29.0 Å². The molecule has 0 saturated carbocycles. The fourth-order valence-electron chi connectivity index (χ4n) is 8.90. The molecule has 4 amide bonds. The molecular weight excluding hydrogens is 921 g/mol. The van der Waals surface area contributed by atoms with Gasteiger partial charge < -0.3 is 45.0 Å². The first-order valence-electron chi connectivity index (χ1n) is 24.0. The highest BCUT2D eigenvalue weighted by Crippen LogP contribution is 2.43. The van der Waals surface area contributed by atoms with Crippen molar-refractivity contribution >= 4 is 73.7 Å². The van der Waals surface area contributed by atoms with Crippen molar-refractivity contribution < 1.29 is 42.9 Å². The van der Waals surface area contributed by atoms with Crippen molar-refractivity contribution in [2.45, 2.75) is 89.6 Å². The molecule has 4 heterocycles. The fourth-order valence-corrected chi connectivity index (χ4v) is 10.4. The first kappa shape index (κ1) is 50.0. The zero-order valence-electron chi connectivity index (χ0n) is 41.6. The van der Waals surface area contributed by atoms with Crippen LogP contribution >= 0.6 is 0 Å². The van der Waals surface area contributed by atoms with E-state index in [1.165, 1.54) is 12.0 Å². The minimum absolute atomic E-state index is 0.0106. The molecule has 8 rings (SSSR count). The molecule has 4 aromatic rings. The third-order valence-electron chi connectivity index (χ3n) is 13.1. The summed E-state index contributed by atoms with van der Waals surface area (Å²) in [7, 11) is -1.35. The van der Waals surface area contributed by atoms with Gasteiger partial charge in [-0.1, -0.05) is 63.5 Å². The van der Waals surface area contributed by atoms with Crippen molar-refractivity contribution in [1.82, 2.24) is 9.80 Å². The average Bonchev–Trinajstić information content (AvgIpc) is 3.94. The number of carbonyl (C=O) groups excluding carboxylic acids is 4. The average molecular weight is 987 g/mol. The number of nitrogens with two attached hydrogens (primary N) is 2. The Labute approximate surface area is 412 Å². The minimum atomic E-state index is -1.44. The lowest BCUT2D eigenvalue weighted by Crippen LogP contribution is -2.45. The van der Waals surface area contributed by atoms with Crippen molar-refractivity contribution in [3.05, 3.63) is 113 Å². The molecule has 0 spiro atoms. The smallest absolute Gasteiger partial charge is 0.260 e. The van der Waals surface area contributed by atoms with Crippen molar-refractivity contribution in [3.63, 3.8) is 0 Å². The van der Waals surface area contributed by atoms with Crippen molar-refractivity contribution in [2.24, 2.45) is 0 Å². The van der Waals surface area contributed by atoms with Gasteiger partial charge in [-0.25, -0.2) is 0 Å². The number of aryl methyl sites for hydroxylation is 1. The van der Waals surface area contributed by atoms with Crippen molar-refractivity contribution in [2.75, 3.05) is 68.3 Å². The van der Waals surface area contributed by atoms with Crippen LogP contribution in [0.1, 0.15) is 56.7 Å². The summed E-state index contributed by atoms with van der Waals surface area (Å²) in [5.41, 5.74) is 18.9. The first-order chi connectivity index (χ1) is 33.3. The van der Waals surface area contributed by atoms with Crippen molar-refractivity contribution in [3.8, 4) is 17.2 Å². The molecule has 0 aliphatic carbocycles. The number of ether oxygens (including phenoxy) is 5. The van der Waals surface area contributed by atoms with Crippen LogP contribution in [0, 0.1) is 6.92 Å². The molecule has 15 nitrogen and oxygen atoms in total. The van der Waals surface area contributed by atoms with E-state index in [1.807, 2.05) is 43.3 Å². The number of carbonyl (C=O) groups is 4. The molecule has 0 saturated heterocycles. The summed E-state index contributed by atoms with van der Waals surface area (Å²) >= 11 is 0. The Balaban J connectivity index is 1.00. The summed E-state index contributed by atoms with van der Waals surface area (Å²) in [6.07, 6.45) is 4.66. The van der Waals surface area contributed by atoms with Crippen LogP contribution in [0.4, 0.5) is 22.7 Å². The number of hydrogen-bond acceptors (Lipinski definition) is 11. The van der Waals surface area contributed by atoms with E-state index in [1.54, 1.807) is 63.5 Å². The molecule has 4 N–H and O–H groups in total. The van der Waals surface area contributed by atoms with Crippen LogP contribution < -0.4 is 35.5 Å². The summed E-state index contributed by atoms with van der Waals surface area (Å²) in [5, 5.41) is 0. The van der Waals surface area contributed by atoms with Crippen LogP contribution in [-0.4, -0.2) is 109 Å². The van der Waals surface area contributed by atoms with Gasteiger partial charge in [0.2, 0.25) is 0 Å². The molecule has 0 aromatic heterocycles. The van der Waals surface area contributed by atoms with Crippen LogP contribution in [0.25, 0.3) is 11.1 Å². The summed E-state index contributed by atoms with van der Waals surface area (Å²) in [6.45, 7) is 16.9. The zero-order valence-corrected chi connectivity index (χ0v) is 43.6. The molecule has 70 heavy (non-hydrogen) atoms. The maximum Gasteiger partial charge on any atom is 0.260 e. The van der Waals surface area contributed by atoms with E-state index < -0.39 is 28.2 Å². The molecule has 0 fully saturated rings. The van der Waals surface area contributed by atoms with E-state index in [-0.39, 0.29) is 55.9 Å². The van der Waals surface area contributed by atoms with Crippen LogP contribution in [0.5, 0.6) is 17.2 Å². The summed E-state index contributed by atoms with van der Waals surface area (Å²) in [5.74, 6) is 0.0939. The Hall–Kier alpha value is -6.41. The lowest BCUT2D eigenvalue weighted by atomic mass is 10.0. The quantitative estimate of drug-likeness (QED) is 0.0521. The maximum absolute atomic E-state index is 14.5. The Morgan fingerprint density at radius 2 is 1.00 bits per heavy atom. The summed E-state index contributed by atoms with van der Waals surface area (Å²) in [4.78, 5) is 64.0. The van der Waals surface area contributed by atoms with Gasteiger partial charge in [0.05, 0.1) is 42.8 Å². The molecule has 17 heteroatoms. The molecule has 4 aliphatic heterocycles. The lowest BCUT2D eigenvalue weighted by molar-refractivity contribution is -0.123. The summed E-state index contributed by atoms with van der Waals surface area (Å²) in [6, 6.07) is 22.0. The number of nitrogen functional groups attached to an aromatic ring is 2. The first-order valence-corrected chi connectivity index (χ1v) is 31.4. The molecule has 370 valence electrons. The predicted molar refractivity (Wildman–Crippen MR) is 280 cm³/mol. The Bertz CT molecular complexity index is 2710. The van der Waals surface area contributed by atoms with Gasteiger partial charge in [0.1, 0.15) is 31.3 Å². The highest BCUT2D eigenvalue weighted by molar-refractivity contribution is 6.76. The summed E-state index contributed by atoms with van der Waals surface area (Å²) < 4.78 is 30.9. The standard InChI is InChI=1S/C53H66N6O9Si2/c1-34-24-41-43(58(32-65-20-22-69(3,4)5)52(62)45-25-37(30-56(45)50(41)60)35-10-14-39(54)15-11-35)28-47(34)67-18-9-19-68-49-29-44-42(27-48(49)64-2)51(61)57-31-38(36-12-16-40(55)17-13-36)26-46(57)53(63)59(44)33-66-21-23-70(6,7)8/h10-17,24,27-31,45-46H,9,18-23,25-26,32-33,54-55H2,1-8H3/t45-,46-/m0/s1. The number of methoxy groups -OCH3 is 1. The molecule has 0 unspecified atom stereocenters. The largest absolute Gasteiger partial charge is 0.493 e. The number of fused-ring (bicyclic) bond motifs is 4. The van der Waals surface area contributed by atoms with Crippen LogP contribution in [0.15, 0.2) is 85.2 Å². The Morgan fingerprint density at radius 1 is 0.571 bits per heavy atom. The second-order valence-corrected chi connectivity index (χ2v) is 32.1. The monoisotopic (exact) mass is 986 g/mol. The molecule has 0 bridgehead atoms. The van der Waals surface area contributed by atoms with E-state index in [4.69, 9.17) is 35.2 Å². The molecule has 0 radical (unpaired) electrons. The van der Waals surface area contributed by atoms with Gasteiger partial charge in [-0.15, -0.1) is 0 Å². The number of nitrogens with zero attached hydrogens (tertiary/aromatic N) is 4. The third kappa shape index (κ3) is 11.0. The number of anilines is 4. The number of rotatable bonds is 19. The Morgan fingerprint density at radius 3 is 1.44 bits per heavy atom. The zero-order chi connectivity index (χ0) is 50.1. The van der Waals surface area contributed by atoms with Crippen LogP contribution in [0.2, 0.25) is 51.4 Å². The SMILES string of the molecule is COc1cc2c(cc1OCCCOc1cc3c(cc1C)C(=O)N1C=C(c4ccc(N)cc4)C[C@H]1C(=O)N3COCC[Si](C)(C)C)N(COCC[Si](C)(C)C)C(=O)[C@@H]1CC(c3ccc(N)cc3)=CN1C2=O. The van der Waals surface area contributed by atoms with Gasteiger partial charge in [-0.05, 0) is 83.2 Å². The molecular formula is C53H66N6O9Si2. The van der Waals surface area contributed by atoms with Crippen LogP contribution in [-0.2, 0) is 19.1 Å². The van der Waals surface area contributed by atoms with E-state index in [0.717, 1.165) is 39.9 Å². The third-order valence-corrected chi connectivity index (χ3v) is 16.5. The van der Waals surface area contributed by atoms with Gasteiger partial charge in [-0.2, -0.15) is 0 Å². The minimum Gasteiger partial charge on any atom is -0.493 e. The highest BCUT2D eigenvalue weighted by Gasteiger charge is 2.45. The van der Waals surface area contributed by atoms with Gasteiger partial charge in [0.25, 0.3) is 23.6 Å². The molecule has 4 aliphatic rings. The van der Waals surface area contributed by atoms with E-state index in [9.17, 15) is 19.2 Å². The number of amides is 4. The van der Waals surface area contributed by atoms with Gasteiger partial charge in [0, 0.05) is 84.5 Å². The maximum atomic E-state index is 14.5. The second-order valence-electron chi connectivity index (χ2n) is 20.9. The second kappa shape index (κ2) is 20.5.